The number of nitrogens with zero attached hydrogens (tertiary/aromatic N) is 4. The largest absolute Gasteiger partial charge is 0.274 e. The fraction of sp³-hybridized carbons (Fsp3) is 0.185. The van der Waals surface area contributed by atoms with E-state index in [1.54, 1.807) is 48.5 Å². The van der Waals surface area contributed by atoms with Crippen LogP contribution in [0.15, 0.2) is 83.5 Å². The smallest absolute Gasteiger partial charge is 0.267 e. The van der Waals surface area contributed by atoms with E-state index in [2.05, 4.69) is 0 Å². The van der Waals surface area contributed by atoms with Gasteiger partial charge in [0, 0.05) is 40.8 Å². The Morgan fingerprint density at radius 1 is 0.919 bits per heavy atom. The fourth-order valence-electron chi connectivity index (χ4n) is 4.91. The maximum absolute atomic E-state index is 13.6. The zero-order valence-electron chi connectivity index (χ0n) is 19.5. The van der Waals surface area contributed by atoms with E-state index in [1.807, 2.05) is 6.08 Å². The second-order valence-electron chi connectivity index (χ2n) is 8.95. The number of carbonyl (C=O) groups excluding carboxylic acids is 1. The Morgan fingerprint density at radius 3 is 2.11 bits per heavy atom. The van der Waals surface area contributed by atoms with E-state index in [-0.39, 0.29) is 23.2 Å². The number of amides is 1. The fourth-order valence-corrected chi connectivity index (χ4v) is 5.04. The number of fused-ring (bicyclic) bond motifs is 1. The lowest BCUT2D eigenvalue weighted by atomic mass is 9.77. The number of allylic oxidation sites excluding steroid dienone is 1. The highest BCUT2D eigenvalue weighted by Crippen LogP contribution is 2.45. The van der Waals surface area contributed by atoms with Gasteiger partial charge in [0.15, 0.2) is 0 Å². The minimum absolute atomic E-state index is 0.0137. The molecule has 0 saturated heterocycles. The molecular formula is C27H21ClN4O5. The minimum atomic E-state index is -0.456. The number of nitro groups is 2. The second kappa shape index (κ2) is 9.94. The Hall–Kier alpha value is -4.37. The van der Waals surface area contributed by atoms with Crippen LogP contribution in [-0.4, -0.2) is 26.5 Å². The number of hydrogen-bond donors (Lipinski definition) is 0. The van der Waals surface area contributed by atoms with E-state index >= 15 is 0 Å². The Bertz CT molecular complexity index is 1430. The number of nitro benzene ring substituents is 2. The van der Waals surface area contributed by atoms with E-state index in [9.17, 15) is 25.0 Å². The molecule has 0 N–H and O–H groups in total. The van der Waals surface area contributed by atoms with Gasteiger partial charge in [-0.1, -0.05) is 23.7 Å². The minimum Gasteiger partial charge on any atom is -0.267 e. The van der Waals surface area contributed by atoms with Crippen molar-refractivity contribution in [3.63, 3.8) is 0 Å². The van der Waals surface area contributed by atoms with Crippen molar-refractivity contribution in [1.29, 1.82) is 0 Å². The molecule has 3 aromatic carbocycles. The van der Waals surface area contributed by atoms with E-state index in [1.165, 1.54) is 29.3 Å². The van der Waals surface area contributed by atoms with Crippen molar-refractivity contribution in [2.24, 2.45) is 11.0 Å². The molecule has 2 atom stereocenters. The number of carbonyl (C=O) groups is 1. The summed E-state index contributed by atoms with van der Waals surface area (Å²) in [5.74, 6) is -0.396. The van der Waals surface area contributed by atoms with Crippen LogP contribution in [-0.2, 0) is 0 Å². The molecule has 186 valence electrons. The second-order valence-corrected chi connectivity index (χ2v) is 9.39. The summed E-state index contributed by atoms with van der Waals surface area (Å²) < 4.78 is 0. The first kappa shape index (κ1) is 24.3. The number of hydrogen-bond acceptors (Lipinski definition) is 6. The monoisotopic (exact) mass is 516 g/mol. The molecule has 0 radical (unpaired) electrons. The molecule has 0 spiro atoms. The van der Waals surface area contributed by atoms with Gasteiger partial charge in [0.1, 0.15) is 0 Å². The molecule has 0 bridgehead atoms. The predicted molar refractivity (Wildman–Crippen MR) is 139 cm³/mol. The van der Waals surface area contributed by atoms with Gasteiger partial charge in [-0.15, -0.1) is 0 Å². The van der Waals surface area contributed by atoms with Crippen LogP contribution in [0.3, 0.4) is 0 Å². The maximum Gasteiger partial charge on any atom is 0.274 e. The third kappa shape index (κ3) is 4.85. The van der Waals surface area contributed by atoms with Crippen LogP contribution >= 0.6 is 11.6 Å². The van der Waals surface area contributed by atoms with Gasteiger partial charge in [0.25, 0.3) is 17.3 Å². The molecule has 1 fully saturated rings. The standard InChI is InChI=1S/C27H21ClN4O5/c28-21-10-6-19(7-11-21)27(33)30-26(18-8-14-23(15-9-18)32(36)37)24-3-1-2-20(25(24)29-30)16-17-4-12-22(13-5-17)31(34)35/h4-16,24,26H,1-3H2/b20-16+. The highest BCUT2D eigenvalue weighted by Gasteiger charge is 2.44. The van der Waals surface area contributed by atoms with Gasteiger partial charge in [0.2, 0.25) is 0 Å². The van der Waals surface area contributed by atoms with Crippen LogP contribution in [0.25, 0.3) is 6.08 Å². The van der Waals surface area contributed by atoms with Crippen molar-refractivity contribution in [3.8, 4) is 0 Å². The van der Waals surface area contributed by atoms with Crippen LogP contribution < -0.4 is 0 Å². The van der Waals surface area contributed by atoms with Crippen LogP contribution in [0.4, 0.5) is 11.4 Å². The molecule has 3 aromatic rings. The normalized spacial score (nSPS) is 19.9. The van der Waals surface area contributed by atoms with Gasteiger partial charge in [-0.3, -0.25) is 25.0 Å². The van der Waals surface area contributed by atoms with Gasteiger partial charge in [0.05, 0.1) is 21.6 Å². The molecule has 1 aliphatic heterocycles. The average molecular weight is 517 g/mol. The Labute approximate surface area is 217 Å². The molecule has 37 heavy (non-hydrogen) atoms. The molecule has 9 nitrogen and oxygen atoms in total. The highest BCUT2D eigenvalue weighted by atomic mass is 35.5. The quantitative estimate of drug-likeness (QED) is 0.280. The van der Waals surface area contributed by atoms with Crippen LogP contribution in [0.5, 0.6) is 0 Å². The van der Waals surface area contributed by atoms with Gasteiger partial charge in [-0.2, -0.15) is 5.10 Å². The number of benzene rings is 3. The van der Waals surface area contributed by atoms with Crippen molar-refractivity contribution in [3.05, 3.63) is 120 Å². The lowest BCUT2D eigenvalue weighted by Crippen LogP contribution is -2.31. The van der Waals surface area contributed by atoms with Gasteiger partial charge < -0.3 is 0 Å². The summed E-state index contributed by atoms with van der Waals surface area (Å²) in [6.45, 7) is 0. The van der Waals surface area contributed by atoms with Gasteiger partial charge >= 0.3 is 0 Å². The first-order valence-corrected chi connectivity index (χ1v) is 12.1. The van der Waals surface area contributed by atoms with E-state index in [0.717, 1.165) is 41.7 Å². The van der Waals surface area contributed by atoms with Gasteiger partial charge in [-0.25, -0.2) is 5.01 Å². The summed E-state index contributed by atoms with van der Waals surface area (Å²) in [6.07, 6.45) is 4.37. The summed E-state index contributed by atoms with van der Waals surface area (Å²) in [5.41, 5.74) is 3.73. The lowest BCUT2D eigenvalue weighted by molar-refractivity contribution is -0.385. The van der Waals surface area contributed by atoms with Gasteiger partial charge in [-0.05, 0) is 78.4 Å². The summed E-state index contributed by atoms with van der Waals surface area (Å²) >= 11 is 6.01. The number of hydrazone groups is 1. The third-order valence-corrected chi connectivity index (χ3v) is 6.94. The van der Waals surface area contributed by atoms with Crippen LogP contribution in [0, 0.1) is 26.1 Å². The average Bonchev–Trinajstić information content (AvgIpc) is 3.30. The number of halogens is 1. The number of non-ortho nitro benzene ring substituents is 2. The Balaban J connectivity index is 1.55. The summed E-state index contributed by atoms with van der Waals surface area (Å²) in [7, 11) is 0. The zero-order valence-corrected chi connectivity index (χ0v) is 20.2. The molecule has 2 unspecified atom stereocenters. The highest BCUT2D eigenvalue weighted by molar-refractivity contribution is 6.30. The van der Waals surface area contributed by atoms with Crippen molar-refractivity contribution < 1.29 is 14.6 Å². The number of rotatable bonds is 5. The molecule has 1 aliphatic carbocycles. The van der Waals surface area contributed by atoms with Crippen molar-refractivity contribution in [2.45, 2.75) is 25.3 Å². The molecule has 10 heteroatoms. The van der Waals surface area contributed by atoms with Crippen LogP contribution in [0.1, 0.15) is 46.8 Å². The van der Waals surface area contributed by atoms with Crippen molar-refractivity contribution >= 4 is 40.7 Å². The summed E-state index contributed by atoms with van der Waals surface area (Å²) in [6, 6.07) is 18.7. The topological polar surface area (TPSA) is 119 Å². The van der Waals surface area contributed by atoms with E-state index in [4.69, 9.17) is 16.7 Å². The molecule has 1 amide bonds. The molecule has 1 heterocycles. The van der Waals surface area contributed by atoms with Crippen LogP contribution in [0.2, 0.25) is 5.02 Å². The van der Waals surface area contributed by atoms with Crippen molar-refractivity contribution in [2.75, 3.05) is 0 Å². The molecule has 1 saturated carbocycles. The van der Waals surface area contributed by atoms with E-state index in [0.29, 0.717) is 10.6 Å². The maximum atomic E-state index is 13.6. The summed E-state index contributed by atoms with van der Waals surface area (Å²) in [5, 5.41) is 29.0. The first-order valence-electron chi connectivity index (χ1n) is 11.7. The first-order chi connectivity index (χ1) is 17.8. The molecule has 2 aliphatic rings. The van der Waals surface area contributed by atoms with Crippen molar-refractivity contribution in [1.82, 2.24) is 5.01 Å². The molecule has 0 aromatic heterocycles. The van der Waals surface area contributed by atoms with E-state index < -0.39 is 15.9 Å². The third-order valence-electron chi connectivity index (χ3n) is 6.69. The Morgan fingerprint density at radius 2 is 1.51 bits per heavy atom. The predicted octanol–water partition coefficient (Wildman–Crippen LogP) is 6.59. The Kier molecular flexibility index (Phi) is 6.54. The SMILES string of the molecule is O=C(c1ccc(Cl)cc1)N1N=C2/C(=C/c3ccc([N+](=O)[O-])cc3)CCCC2C1c1ccc([N+](=O)[O-])cc1. The molecule has 5 rings (SSSR count). The zero-order chi connectivity index (χ0) is 26.1. The molecular weight excluding hydrogens is 496 g/mol. The summed E-state index contributed by atoms with van der Waals surface area (Å²) in [4.78, 5) is 34.9. The lowest BCUT2D eigenvalue weighted by Gasteiger charge is -2.29.